The topological polar surface area (TPSA) is 78.5 Å². The van der Waals surface area contributed by atoms with E-state index in [4.69, 9.17) is 0 Å². The van der Waals surface area contributed by atoms with Crippen LogP contribution in [-0.4, -0.2) is 38.4 Å². The van der Waals surface area contributed by atoms with E-state index in [0.29, 0.717) is 12.1 Å². The van der Waals surface area contributed by atoms with Crippen molar-refractivity contribution in [2.24, 2.45) is 11.8 Å². The predicted molar refractivity (Wildman–Crippen MR) is 126 cm³/mol. The Morgan fingerprint density at radius 1 is 0.938 bits per heavy atom. The molecule has 2 N–H and O–H groups in total. The number of sulfonamides is 1. The molecule has 0 radical (unpaired) electrons. The molecule has 2 atom stereocenters. The fraction of sp³-hybridized carbons (Fsp3) is 0.480. The number of hydrogen-bond acceptors (Lipinski definition) is 4. The number of nitrogens with zero attached hydrogens (tertiary/aromatic N) is 1. The zero-order valence-electron chi connectivity index (χ0n) is 18.9. The summed E-state index contributed by atoms with van der Waals surface area (Å²) in [6.07, 6.45) is 3.08. The Kier molecular flexibility index (Phi) is 6.98. The van der Waals surface area contributed by atoms with E-state index in [9.17, 15) is 13.2 Å². The number of amides is 1. The lowest BCUT2D eigenvalue weighted by molar-refractivity contribution is 0.0951. The first-order valence-corrected chi connectivity index (χ1v) is 13.0. The number of nitrogens with one attached hydrogen (secondary N) is 2. The normalized spacial score (nSPS) is 21.9. The molecule has 2 fully saturated rings. The third kappa shape index (κ3) is 6.18. The molecule has 0 aromatic heterocycles. The molecule has 2 aliphatic rings. The van der Waals surface area contributed by atoms with Crippen LogP contribution < -0.4 is 10.0 Å². The van der Waals surface area contributed by atoms with Crippen LogP contribution in [0.3, 0.4) is 0 Å². The second kappa shape index (κ2) is 9.73. The SMILES string of the molecule is CC1CC(C)CN(Cc2ccc(CNC(=O)c3ccc(S(=O)(=O)NC4CC4)cc3)cc2)C1. The van der Waals surface area contributed by atoms with E-state index in [1.165, 1.54) is 24.1 Å². The van der Waals surface area contributed by atoms with Gasteiger partial charge in [0.05, 0.1) is 4.90 Å². The zero-order chi connectivity index (χ0) is 22.7. The standard InChI is InChI=1S/C25H33N3O3S/c1-18-13-19(2)16-28(15-18)17-21-5-3-20(4-6-21)14-26-25(29)22-7-11-24(12-8-22)32(30,31)27-23-9-10-23/h3-8,11-12,18-19,23,27H,9-10,13-17H2,1-2H3,(H,26,29). The highest BCUT2D eigenvalue weighted by Crippen LogP contribution is 2.23. The lowest BCUT2D eigenvalue weighted by Gasteiger charge is -2.35. The third-order valence-corrected chi connectivity index (χ3v) is 7.69. The number of piperidine rings is 1. The smallest absolute Gasteiger partial charge is 0.251 e. The molecule has 1 saturated carbocycles. The molecule has 1 heterocycles. The Balaban J connectivity index is 1.28. The molecule has 6 nitrogen and oxygen atoms in total. The Hall–Kier alpha value is -2.22. The van der Waals surface area contributed by atoms with Crippen LogP contribution in [0.5, 0.6) is 0 Å². The number of hydrogen-bond donors (Lipinski definition) is 2. The Morgan fingerprint density at radius 3 is 2.12 bits per heavy atom. The molecule has 1 saturated heterocycles. The van der Waals surface area contributed by atoms with Crippen LogP contribution in [-0.2, 0) is 23.1 Å². The summed E-state index contributed by atoms with van der Waals surface area (Å²) in [6, 6.07) is 14.5. The molecule has 1 aliphatic carbocycles. The minimum absolute atomic E-state index is 0.0568. The van der Waals surface area contributed by atoms with Crippen LogP contribution in [0, 0.1) is 11.8 Å². The van der Waals surface area contributed by atoms with Crippen molar-refractivity contribution in [3.05, 3.63) is 65.2 Å². The van der Waals surface area contributed by atoms with Gasteiger partial charge in [0.25, 0.3) is 5.91 Å². The molecule has 1 aliphatic heterocycles. The summed E-state index contributed by atoms with van der Waals surface area (Å²) in [7, 11) is -3.50. The van der Waals surface area contributed by atoms with Crippen LogP contribution in [0.2, 0.25) is 0 Å². The average Bonchev–Trinajstić information content (AvgIpc) is 3.56. The van der Waals surface area contributed by atoms with Gasteiger partial charge in [-0.2, -0.15) is 0 Å². The lowest BCUT2D eigenvalue weighted by atomic mass is 9.91. The maximum absolute atomic E-state index is 12.5. The molecule has 0 bridgehead atoms. The molecule has 4 rings (SSSR count). The molecule has 32 heavy (non-hydrogen) atoms. The van der Waals surface area contributed by atoms with Crippen molar-refractivity contribution in [3.8, 4) is 0 Å². The van der Waals surface area contributed by atoms with Gasteiger partial charge in [0, 0.05) is 37.8 Å². The van der Waals surface area contributed by atoms with Gasteiger partial charge in [0.2, 0.25) is 10.0 Å². The maximum Gasteiger partial charge on any atom is 0.251 e. The summed E-state index contributed by atoms with van der Waals surface area (Å²) >= 11 is 0. The number of carbonyl (C=O) groups excluding carboxylic acids is 1. The molecule has 2 unspecified atom stereocenters. The largest absolute Gasteiger partial charge is 0.348 e. The molecule has 1 amide bonds. The van der Waals surface area contributed by atoms with E-state index in [1.54, 1.807) is 12.1 Å². The van der Waals surface area contributed by atoms with Gasteiger partial charge >= 0.3 is 0 Å². The van der Waals surface area contributed by atoms with Gasteiger partial charge in [-0.05, 0) is 66.5 Å². The quantitative estimate of drug-likeness (QED) is 0.638. The van der Waals surface area contributed by atoms with E-state index in [1.807, 2.05) is 0 Å². The van der Waals surface area contributed by atoms with Crippen LogP contribution in [0.4, 0.5) is 0 Å². The molecule has 0 spiro atoms. The molecule has 2 aromatic rings. The summed E-state index contributed by atoms with van der Waals surface area (Å²) in [5.41, 5.74) is 2.77. The summed E-state index contributed by atoms with van der Waals surface area (Å²) < 4.78 is 27.1. The van der Waals surface area contributed by atoms with E-state index in [0.717, 1.165) is 49.9 Å². The van der Waals surface area contributed by atoms with E-state index < -0.39 is 10.0 Å². The minimum Gasteiger partial charge on any atom is -0.348 e. The first-order chi connectivity index (χ1) is 15.3. The van der Waals surface area contributed by atoms with Crippen molar-refractivity contribution in [2.75, 3.05) is 13.1 Å². The van der Waals surface area contributed by atoms with Crippen LogP contribution in [0.25, 0.3) is 0 Å². The highest BCUT2D eigenvalue weighted by Gasteiger charge is 2.28. The summed E-state index contributed by atoms with van der Waals surface area (Å²) in [6.45, 7) is 8.35. The number of carbonyl (C=O) groups is 1. The van der Waals surface area contributed by atoms with E-state index in [2.05, 4.69) is 53.1 Å². The Bertz CT molecular complexity index is 1020. The fourth-order valence-corrected chi connectivity index (χ4v) is 5.81. The van der Waals surface area contributed by atoms with Crippen molar-refractivity contribution in [1.29, 1.82) is 0 Å². The minimum atomic E-state index is -3.50. The summed E-state index contributed by atoms with van der Waals surface area (Å²) in [4.78, 5) is 15.2. The van der Waals surface area contributed by atoms with E-state index in [-0.39, 0.29) is 16.8 Å². The Labute approximate surface area is 191 Å². The van der Waals surface area contributed by atoms with Gasteiger partial charge in [0.15, 0.2) is 0 Å². The summed E-state index contributed by atoms with van der Waals surface area (Å²) in [5, 5.41) is 2.91. The van der Waals surface area contributed by atoms with Gasteiger partial charge in [-0.3, -0.25) is 9.69 Å². The zero-order valence-corrected chi connectivity index (χ0v) is 19.7. The monoisotopic (exact) mass is 455 g/mol. The summed E-state index contributed by atoms with van der Waals surface area (Å²) in [5.74, 6) is 1.28. The van der Waals surface area contributed by atoms with Gasteiger partial charge in [0.1, 0.15) is 0 Å². The van der Waals surface area contributed by atoms with Gasteiger partial charge in [-0.1, -0.05) is 38.1 Å². The first-order valence-electron chi connectivity index (χ1n) is 11.5. The maximum atomic E-state index is 12.5. The van der Waals surface area contributed by atoms with Gasteiger partial charge < -0.3 is 5.32 Å². The average molecular weight is 456 g/mol. The first kappa shape index (κ1) is 23.0. The number of likely N-dealkylation sites (tertiary alicyclic amines) is 1. The molecular formula is C25H33N3O3S. The fourth-order valence-electron chi connectivity index (χ4n) is 4.50. The van der Waals surface area contributed by atoms with Gasteiger partial charge in [-0.15, -0.1) is 0 Å². The Morgan fingerprint density at radius 2 is 1.53 bits per heavy atom. The molecule has 172 valence electrons. The lowest BCUT2D eigenvalue weighted by Crippen LogP contribution is -2.38. The predicted octanol–water partition coefficient (Wildman–Crippen LogP) is 3.54. The van der Waals surface area contributed by atoms with Gasteiger partial charge in [-0.25, -0.2) is 13.1 Å². The highest BCUT2D eigenvalue weighted by molar-refractivity contribution is 7.89. The van der Waals surface area contributed by atoms with E-state index >= 15 is 0 Å². The second-order valence-corrected chi connectivity index (χ2v) is 11.3. The van der Waals surface area contributed by atoms with Crippen LogP contribution in [0.15, 0.2) is 53.4 Å². The third-order valence-electron chi connectivity index (χ3n) is 6.15. The second-order valence-electron chi connectivity index (χ2n) is 9.56. The van der Waals surface area contributed by atoms with Crippen molar-refractivity contribution >= 4 is 15.9 Å². The highest BCUT2D eigenvalue weighted by atomic mass is 32.2. The van der Waals surface area contributed by atoms with Crippen molar-refractivity contribution in [1.82, 2.24) is 14.9 Å². The molecule has 7 heteroatoms. The number of rotatable bonds is 8. The molecule has 2 aromatic carbocycles. The van der Waals surface area contributed by atoms with Crippen LogP contribution in [0.1, 0.15) is 54.6 Å². The van der Waals surface area contributed by atoms with Crippen molar-refractivity contribution in [2.45, 2.75) is 57.1 Å². The van der Waals surface area contributed by atoms with Crippen molar-refractivity contribution in [3.63, 3.8) is 0 Å². The van der Waals surface area contributed by atoms with Crippen molar-refractivity contribution < 1.29 is 13.2 Å². The van der Waals surface area contributed by atoms with Crippen LogP contribution >= 0.6 is 0 Å². The molecular weight excluding hydrogens is 422 g/mol. The number of benzene rings is 2.